The molecule has 1 aromatic heterocycles. The molecule has 0 saturated carbocycles. The summed E-state index contributed by atoms with van der Waals surface area (Å²) in [6.45, 7) is 1.84. The van der Waals surface area contributed by atoms with Gasteiger partial charge < -0.3 is 5.11 Å². The van der Waals surface area contributed by atoms with Gasteiger partial charge >= 0.3 is 0 Å². The van der Waals surface area contributed by atoms with E-state index in [2.05, 4.69) is 4.98 Å². The van der Waals surface area contributed by atoms with Crippen molar-refractivity contribution in [3.63, 3.8) is 0 Å². The Kier molecular flexibility index (Phi) is 3.49. The number of thiazole rings is 1. The number of aliphatic hydroxyl groups excluding tert-OH is 1. The van der Waals surface area contributed by atoms with E-state index in [9.17, 15) is 13.9 Å². The summed E-state index contributed by atoms with van der Waals surface area (Å²) in [6, 6.07) is 3.54. The Morgan fingerprint density at radius 2 is 2.00 bits per heavy atom. The van der Waals surface area contributed by atoms with Crippen molar-refractivity contribution in [3.05, 3.63) is 51.5 Å². The molecule has 0 radical (unpaired) electrons. The van der Waals surface area contributed by atoms with E-state index in [0.29, 0.717) is 5.69 Å². The molecule has 1 heterocycles. The Morgan fingerprint density at radius 3 is 2.53 bits per heavy atom. The van der Waals surface area contributed by atoms with E-state index >= 15 is 0 Å². The van der Waals surface area contributed by atoms with Crippen LogP contribution in [-0.4, -0.2) is 10.1 Å². The van der Waals surface area contributed by atoms with Crippen LogP contribution >= 0.6 is 11.3 Å². The van der Waals surface area contributed by atoms with Gasteiger partial charge in [-0.25, -0.2) is 13.8 Å². The van der Waals surface area contributed by atoms with E-state index in [1.807, 2.05) is 6.92 Å². The van der Waals surface area contributed by atoms with Gasteiger partial charge in [-0.3, -0.25) is 0 Å². The number of benzene rings is 1. The van der Waals surface area contributed by atoms with Crippen molar-refractivity contribution in [2.75, 3.05) is 0 Å². The zero-order valence-corrected chi connectivity index (χ0v) is 9.97. The number of rotatable bonds is 3. The third kappa shape index (κ3) is 2.68. The van der Waals surface area contributed by atoms with Gasteiger partial charge in [-0.05, 0) is 19.1 Å². The van der Waals surface area contributed by atoms with Gasteiger partial charge in [0.05, 0.1) is 22.4 Å². The number of hydrogen-bond acceptors (Lipinski definition) is 3. The first-order valence-electron chi connectivity index (χ1n) is 5.11. The number of hydrogen-bond donors (Lipinski definition) is 1. The quantitative estimate of drug-likeness (QED) is 0.914. The predicted molar refractivity (Wildman–Crippen MR) is 61.9 cm³/mol. The Labute approximate surface area is 102 Å². The van der Waals surface area contributed by atoms with Crippen molar-refractivity contribution in [1.29, 1.82) is 0 Å². The van der Waals surface area contributed by atoms with E-state index < -0.39 is 17.7 Å². The van der Waals surface area contributed by atoms with Crippen LogP contribution in [0.1, 0.15) is 22.4 Å². The van der Waals surface area contributed by atoms with E-state index in [-0.39, 0.29) is 12.0 Å². The standard InChI is InChI=1S/C12H11F2NOS/c1-7-15-8(6-17-7)5-11(16)12-9(13)3-2-4-10(12)14/h2-4,6,11,16H,5H2,1H3. The highest BCUT2D eigenvalue weighted by Crippen LogP contribution is 2.24. The number of aryl methyl sites for hydroxylation is 1. The molecule has 5 heteroatoms. The zero-order valence-electron chi connectivity index (χ0n) is 9.15. The second-order valence-electron chi connectivity index (χ2n) is 3.71. The molecule has 2 aromatic rings. The average Bonchev–Trinajstić information content (AvgIpc) is 2.63. The number of nitrogens with zero attached hydrogens (tertiary/aromatic N) is 1. The molecule has 1 aromatic carbocycles. The molecule has 0 aliphatic heterocycles. The van der Waals surface area contributed by atoms with Gasteiger partial charge in [-0.15, -0.1) is 11.3 Å². The second kappa shape index (κ2) is 4.89. The lowest BCUT2D eigenvalue weighted by Crippen LogP contribution is -2.07. The monoisotopic (exact) mass is 255 g/mol. The third-order valence-electron chi connectivity index (χ3n) is 2.40. The largest absolute Gasteiger partial charge is 0.388 e. The van der Waals surface area contributed by atoms with Crippen molar-refractivity contribution in [1.82, 2.24) is 4.98 Å². The molecule has 0 spiro atoms. The molecule has 1 atom stereocenters. The van der Waals surface area contributed by atoms with Gasteiger partial charge in [-0.2, -0.15) is 0 Å². The Morgan fingerprint density at radius 1 is 1.35 bits per heavy atom. The highest BCUT2D eigenvalue weighted by molar-refractivity contribution is 7.09. The summed E-state index contributed by atoms with van der Waals surface area (Å²) in [4.78, 5) is 4.15. The smallest absolute Gasteiger partial charge is 0.131 e. The normalized spacial score (nSPS) is 12.7. The molecule has 0 amide bonds. The Bertz CT molecular complexity index is 507. The maximum atomic E-state index is 13.4. The molecule has 0 bridgehead atoms. The summed E-state index contributed by atoms with van der Waals surface area (Å²) in [6.07, 6.45) is -1.10. The fraction of sp³-hybridized carbons (Fsp3) is 0.250. The highest BCUT2D eigenvalue weighted by atomic mass is 32.1. The van der Waals surface area contributed by atoms with E-state index in [1.54, 1.807) is 5.38 Å². The maximum absolute atomic E-state index is 13.4. The third-order valence-corrected chi connectivity index (χ3v) is 3.22. The van der Waals surface area contributed by atoms with Crippen molar-refractivity contribution in [2.45, 2.75) is 19.4 Å². The summed E-state index contributed by atoms with van der Waals surface area (Å²) in [7, 11) is 0. The summed E-state index contributed by atoms with van der Waals surface area (Å²) >= 11 is 1.44. The highest BCUT2D eigenvalue weighted by Gasteiger charge is 2.18. The van der Waals surface area contributed by atoms with Crippen LogP contribution in [0.5, 0.6) is 0 Å². The summed E-state index contributed by atoms with van der Waals surface area (Å²) in [5.41, 5.74) is 0.348. The molecule has 2 nitrogen and oxygen atoms in total. The first kappa shape index (κ1) is 12.1. The molecule has 17 heavy (non-hydrogen) atoms. The molecule has 90 valence electrons. The first-order chi connectivity index (χ1) is 8.08. The van der Waals surface area contributed by atoms with Gasteiger partial charge in [-0.1, -0.05) is 6.07 Å². The van der Waals surface area contributed by atoms with Gasteiger partial charge in [0, 0.05) is 11.8 Å². The summed E-state index contributed by atoms with van der Waals surface area (Å²) < 4.78 is 26.8. The van der Waals surface area contributed by atoms with Crippen molar-refractivity contribution >= 4 is 11.3 Å². The number of halogens is 2. The number of aliphatic hydroxyl groups is 1. The van der Waals surface area contributed by atoms with Crippen LogP contribution in [0, 0.1) is 18.6 Å². The summed E-state index contributed by atoms with van der Waals surface area (Å²) in [5.74, 6) is -1.46. The van der Waals surface area contributed by atoms with Crippen molar-refractivity contribution in [2.24, 2.45) is 0 Å². The van der Waals surface area contributed by atoms with E-state index in [4.69, 9.17) is 0 Å². The zero-order chi connectivity index (χ0) is 12.4. The Hall–Kier alpha value is -1.33. The van der Waals surface area contributed by atoms with E-state index in [0.717, 1.165) is 17.1 Å². The van der Waals surface area contributed by atoms with Crippen LogP contribution in [0.2, 0.25) is 0 Å². The molecular formula is C12H11F2NOS. The van der Waals surface area contributed by atoms with Crippen LogP contribution in [0.4, 0.5) is 8.78 Å². The first-order valence-corrected chi connectivity index (χ1v) is 5.99. The molecule has 0 fully saturated rings. The van der Waals surface area contributed by atoms with Gasteiger partial charge in [0.1, 0.15) is 11.6 Å². The molecule has 1 unspecified atom stereocenters. The number of aromatic nitrogens is 1. The van der Waals surface area contributed by atoms with Crippen LogP contribution < -0.4 is 0 Å². The molecule has 0 saturated heterocycles. The minimum atomic E-state index is -1.21. The summed E-state index contributed by atoms with van der Waals surface area (Å²) in [5, 5.41) is 12.5. The van der Waals surface area contributed by atoms with Crippen LogP contribution in [0.15, 0.2) is 23.6 Å². The molecule has 0 aliphatic rings. The van der Waals surface area contributed by atoms with Crippen molar-refractivity contribution in [3.8, 4) is 0 Å². The molecule has 2 rings (SSSR count). The van der Waals surface area contributed by atoms with Crippen LogP contribution in [0.3, 0.4) is 0 Å². The fourth-order valence-corrected chi connectivity index (χ4v) is 2.26. The van der Waals surface area contributed by atoms with Gasteiger partial charge in [0.2, 0.25) is 0 Å². The topological polar surface area (TPSA) is 33.1 Å². The van der Waals surface area contributed by atoms with Crippen molar-refractivity contribution < 1.29 is 13.9 Å². The second-order valence-corrected chi connectivity index (χ2v) is 4.78. The van der Waals surface area contributed by atoms with Crippen LogP contribution in [0.25, 0.3) is 0 Å². The van der Waals surface area contributed by atoms with Gasteiger partial charge in [0.25, 0.3) is 0 Å². The van der Waals surface area contributed by atoms with E-state index in [1.165, 1.54) is 17.4 Å². The maximum Gasteiger partial charge on any atom is 0.131 e. The average molecular weight is 255 g/mol. The Balaban J connectivity index is 2.22. The lowest BCUT2D eigenvalue weighted by Gasteiger charge is -2.11. The minimum Gasteiger partial charge on any atom is -0.388 e. The van der Waals surface area contributed by atoms with Crippen LogP contribution in [-0.2, 0) is 6.42 Å². The fourth-order valence-electron chi connectivity index (χ4n) is 1.63. The SMILES string of the molecule is Cc1nc(CC(O)c2c(F)cccc2F)cs1. The lowest BCUT2D eigenvalue weighted by atomic mass is 10.0. The minimum absolute atomic E-state index is 0.113. The lowest BCUT2D eigenvalue weighted by molar-refractivity contribution is 0.167. The predicted octanol–water partition coefficient (Wildman–Crippen LogP) is 3.01. The molecule has 1 N–H and O–H groups in total. The molecular weight excluding hydrogens is 244 g/mol. The molecule has 0 aliphatic carbocycles. The van der Waals surface area contributed by atoms with Gasteiger partial charge in [0.15, 0.2) is 0 Å².